The summed E-state index contributed by atoms with van der Waals surface area (Å²) in [4.78, 5) is 12.2. The smallest absolute Gasteiger partial charge is 0.245 e. The SMILES string of the molecule is CC1(CC(=O)N/N=C/c2cn(Cc3ccccc3C#N)c3ccccc23)OCCO1. The second-order valence-electron chi connectivity index (χ2n) is 7.30. The monoisotopic (exact) mass is 402 g/mol. The molecule has 3 aromatic rings. The zero-order valence-electron chi connectivity index (χ0n) is 16.7. The molecule has 2 heterocycles. The number of nitrogens with zero attached hydrogens (tertiary/aromatic N) is 3. The van der Waals surface area contributed by atoms with Gasteiger partial charge in [0.15, 0.2) is 5.79 Å². The zero-order chi connectivity index (χ0) is 21.0. The predicted octanol–water partition coefficient (Wildman–Crippen LogP) is 3.16. The average Bonchev–Trinajstić information content (AvgIpc) is 3.32. The van der Waals surface area contributed by atoms with Gasteiger partial charge in [-0.05, 0) is 24.6 Å². The minimum absolute atomic E-state index is 0.0804. The zero-order valence-corrected chi connectivity index (χ0v) is 16.7. The fraction of sp³-hybridized carbons (Fsp3) is 0.261. The Hall–Kier alpha value is -3.47. The molecule has 30 heavy (non-hydrogen) atoms. The standard InChI is InChI=1S/C23H22N4O3/c1-23(29-10-11-30-23)12-22(28)26-25-14-19-16-27(21-9-5-4-8-20(19)21)15-18-7-3-2-6-17(18)13-24/h2-9,14,16H,10-12,15H2,1H3,(H,26,28)/b25-14+. The van der Waals surface area contributed by atoms with E-state index in [9.17, 15) is 10.1 Å². The fourth-order valence-electron chi connectivity index (χ4n) is 3.62. The van der Waals surface area contributed by atoms with Gasteiger partial charge < -0.3 is 14.0 Å². The number of nitrogens with one attached hydrogen (secondary N) is 1. The van der Waals surface area contributed by atoms with Crippen LogP contribution >= 0.6 is 0 Å². The van der Waals surface area contributed by atoms with Gasteiger partial charge in [-0.3, -0.25) is 4.79 Å². The van der Waals surface area contributed by atoms with E-state index < -0.39 is 5.79 Å². The first-order valence-corrected chi connectivity index (χ1v) is 9.74. The molecule has 1 aliphatic rings. The second-order valence-corrected chi connectivity index (χ2v) is 7.30. The molecule has 1 N–H and O–H groups in total. The highest BCUT2D eigenvalue weighted by Gasteiger charge is 2.33. The summed E-state index contributed by atoms with van der Waals surface area (Å²) >= 11 is 0. The number of hydrazone groups is 1. The summed E-state index contributed by atoms with van der Waals surface area (Å²) in [5.41, 5.74) is 6.05. The van der Waals surface area contributed by atoms with E-state index in [2.05, 4.69) is 21.2 Å². The van der Waals surface area contributed by atoms with Crippen LogP contribution in [0.2, 0.25) is 0 Å². The number of rotatable bonds is 6. The van der Waals surface area contributed by atoms with E-state index >= 15 is 0 Å². The number of benzene rings is 2. The number of fused-ring (bicyclic) bond motifs is 1. The van der Waals surface area contributed by atoms with Crippen molar-refractivity contribution >= 4 is 23.0 Å². The van der Waals surface area contributed by atoms with Gasteiger partial charge >= 0.3 is 0 Å². The third-order valence-corrected chi connectivity index (χ3v) is 5.07. The van der Waals surface area contributed by atoms with Gasteiger partial charge in [0.05, 0.1) is 37.5 Å². The number of ether oxygens (including phenoxy) is 2. The van der Waals surface area contributed by atoms with Gasteiger partial charge in [0, 0.05) is 29.2 Å². The van der Waals surface area contributed by atoms with Crippen molar-refractivity contribution in [1.29, 1.82) is 5.26 Å². The molecule has 1 aromatic heterocycles. The maximum atomic E-state index is 12.2. The first-order chi connectivity index (χ1) is 14.6. The summed E-state index contributed by atoms with van der Waals surface area (Å²) in [6, 6.07) is 17.8. The van der Waals surface area contributed by atoms with E-state index in [-0.39, 0.29) is 12.3 Å². The number of hydrogen-bond donors (Lipinski definition) is 1. The maximum Gasteiger partial charge on any atom is 0.245 e. The molecule has 1 fully saturated rings. The van der Waals surface area contributed by atoms with Gasteiger partial charge in [-0.1, -0.05) is 36.4 Å². The molecule has 1 saturated heterocycles. The van der Waals surface area contributed by atoms with Crippen LogP contribution in [0.25, 0.3) is 10.9 Å². The number of carbonyl (C=O) groups excluding carboxylic acids is 1. The van der Waals surface area contributed by atoms with Gasteiger partial charge in [-0.25, -0.2) is 5.43 Å². The molecule has 7 heteroatoms. The van der Waals surface area contributed by atoms with Crippen LogP contribution in [0, 0.1) is 11.3 Å². The van der Waals surface area contributed by atoms with Crippen molar-refractivity contribution in [3.63, 3.8) is 0 Å². The Bertz CT molecular complexity index is 1140. The Balaban J connectivity index is 1.53. The molecule has 7 nitrogen and oxygen atoms in total. The first kappa shape index (κ1) is 19.8. The Morgan fingerprint density at radius 1 is 1.23 bits per heavy atom. The van der Waals surface area contributed by atoms with Crippen LogP contribution in [0.5, 0.6) is 0 Å². The fourth-order valence-corrected chi connectivity index (χ4v) is 3.62. The number of para-hydroxylation sites is 1. The average molecular weight is 402 g/mol. The summed E-state index contributed by atoms with van der Waals surface area (Å²) in [5, 5.41) is 14.5. The van der Waals surface area contributed by atoms with Crippen molar-refractivity contribution in [2.75, 3.05) is 13.2 Å². The van der Waals surface area contributed by atoms with Crippen molar-refractivity contribution in [1.82, 2.24) is 9.99 Å². The van der Waals surface area contributed by atoms with E-state index in [1.165, 1.54) is 0 Å². The molecular weight excluding hydrogens is 380 g/mol. The molecule has 152 valence electrons. The first-order valence-electron chi connectivity index (χ1n) is 9.74. The van der Waals surface area contributed by atoms with Crippen molar-refractivity contribution in [3.8, 4) is 6.07 Å². The lowest BCUT2D eigenvalue weighted by molar-refractivity contribution is -0.159. The van der Waals surface area contributed by atoms with Crippen LogP contribution in [-0.2, 0) is 20.8 Å². The topological polar surface area (TPSA) is 88.6 Å². The van der Waals surface area contributed by atoms with Gasteiger partial charge in [-0.15, -0.1) is 0 Å². The van der Waals surface area contributed by atoms with Crippen LogP contribution in [-0.4, -0.2) is 35.7 Å². The summed E-state index contributed by atoms with van der Waals surface area (Å²) in [7, 11) is 0. The normalized spacial score (nSPS) is 15.5. The lowest BCUT2D eigenvalue weighted by Gasteiger charge is -2.20. The number of carbonyl (C=O) groups is 1. The highest BCUT2D eigenvalue weighted by molar-refractivity contribution is 5.99. The van der Waals surface area contributed by atoms with Crippen molar-refractivity contribution in [3.05, 3.63) is 71.4 Å². The van der Waals surface area contributed by atoms with Gasteiger partial charge in [0.25, 0.3) is 0 Å². The minimum Gasteiger partial charge on any atom is -0.347 e. The highest BCUT2D eigenvalue weighted by atomic mass is 16.7. The number of amides is 1. The molecular formula is C23H22N4O3. The summed E-state index contributed by atoms with van der Waals surface area (Å²) < 4.78 is 13.0. The molecule has 0 aliphatic carbocycles. The van der Waals surface area contributed by atoms with Crippen LogP contribution in [0.15, 0.2) is 59.8 Å². The third-order valence-electron chi connectivity index (χ3n) is 5.07. The second kappa shape index (κ2) is 8.49. The molecule has 2 aromatic carbocycles. The molecule has 4 rings (SSSR count). The van der Waals surface area contributed by atoms with Crippen molar-refractivity contribution < 1.29 is 14.3 Å². The molecule has 0 atom stereocenters. The Morgan fingerprint density at radius 2 is 1.97 bits per heavy atom. The predicted molar refractivity (Wildman–Crippen MR) is 113 cm³/mol. The van der Waals surface area contributed by atoms with E-state index in [4.69, 9.17) is 9.47 Å². The summed E-state index contributed by atoms with van der Waals surface area (Å²) in [6.45, 7) is 3.29. The lowest BCUT2D eigenvalue weighted by Crippen LogP contribution is -2.33. The van der Waals surface area contributed by atoms with Crippen LogP contribution in [0.3, 0.4) is 0 Å². The minimum atomic E-state index is -0.885. The van der Waals surface area contributed by atoms with Crippen LogP contribution in [0.4, 0.5) is 0 Å². The van der Waals surface area contributed by atoms with Gasteiger partial charge in [0.2, 0.25) is 5.91 Å². The van der Waals surface area contributed by atoms with Gasteiger partial charge in [0.1, 0.15) is 0 Å². The summed E-state index contributed by atoms with van der Waals surface area (Å²) in [5.74, 6) is -1.16. The van der Waals surface area contributed by atoms with E-state index in [1.54, 1.807) is 13.1 Å². The Labute approximate surface area is 174 Å². The third kappa shape index (κ3) is 4.25. The van der Waals surface area contributed by atoms with E-state index in [0.717, 1.165) is 22.0 Å². The number of hydrogen-bond acceptors (Lipinski definition) is 5. The quantitative estimate of drug-likeness (QED) is 0.507. The number of aromatic nitrogens is 1. The lowest BCUT2D eigenvalue weighted by atomic mass is 10.1. The van der Waals surface area contributed by atoms with E-state index in [0.29, 0.717) is 25.3 Å². The summed E-state index contributed by atoms with van der Waals surface area (Å²) in [6.07, 6.45) is 3.68. The molecule has 0 unspecified atom stereocenters. The molecule has 1 amide bonds. The largest absolute Gasteiger partial charge is 0.347 e. The van der Waals surface area contributed by atoms with Crippen LogP contribution < -0.4 is 5.43 Å². The van der Waals surface area contributed by atoms with E-state index in [1.807, 2.05) is 54.7 Å². The Kier molecular flexibility index (Phi) is 5.61. The molecule has 0 spiro atoms. The highest BCUT2D eigenvalue weighted by Crippen LogP contribution is 2.23. The maximum absolute atomic E-state index is 12.2. The molecule has 1 aliphatic heterocycles. The van der Waals surface area contributed by atoms with Crippen LogP contribution in [0.1, 0.15) is 30.0 Å². The van der Waals surface area contributed by atoms with Crippen molar-refractivity contribution in [2.45, 2.75) is 25.7 Å². The number of nitriles is 1. The van der Waals surface area contributed by atoms with Gasteiger partial charge in [-0.2, -0.15) is 10.4 Å². The molecule has 0 bridgehead atoms. The molecule has 0 radical (unpaired) electrons. The Morgan fingerprint density at radius 3 is 2.77 bits per heavy atom. The molecule has 0 saturated carbocycles. The van der Waals surface area contributed by atoms with Crippen molar-refractivity contribution in [2.24, 2.45) is 5.10 Å².